The number of carbonyl (C=O) groups excluding carboxylic acids is 2. The lowest BCUT2D eigenvalue weighted by atomic mass is 10.0. The molecule has 1 N–H and O–H groups in total. The number of quaternary nitrogens is 1. The van der Waals surface area contributed by atoms with Crippen LogP contribution < -0.4 is 0 Å². The van der Waals surface area contributed by atoms with Crippen LogP contribution in [0.4, 0.5) is 0 Å². The van der Waals surface area contributed by atoms with Crippen molar-refractivity contribution in [3.63, 3.8) is 0 Å². The Labute approximate surface area is 496 Å². The zero-order chi connectivity index (χ0) is 59.1. The predicted octanol–water partition coefficient (Wildman–Crippen LogP) is 19.6. The van der Waals surface area contributed by atoms with Gasteiger partial charge in [0.2, 0.25) is 0 Å². The molecule has 81 heavy (non-hydrogen) atoms. The van der Waals surface area contributed by atoms with Crippen molar-refractivity contribution in [2.45, 2.75) is 245 Å². The minimum Gasteiger partial charge on any atom is -0.477 e. The number of aliphatic carboxylic acids is 1. The maximum absolute atomic E-state index is 12.9. The van der Waals surface area contributed by atoms with Gasteiger partial charge < -0.3 is 28.5 Å². The van der Waals surface area contributed by atoms with E-state index in [0.29, 0.717) is 23.9 Å². The summed E-state index contributed by atoms with van der Waals surface area (Å²) in [6.07, 6.45) is 87.1. The first-order chi connectivity index (χ1) is 39.6. The van der Waals surface area contributed by atoms with E-state index in [1.165, 1.54) is 103 Å². The van der Waals surface area contributed by atoms with Crippen LogP contribution in [0.3, 0.4) is 0 Å². The Balaban J connectivity index is 4.07. The number of carboxylic acids is 1. The van der Waals surface area contributed by atoms with Crippen molar-refractivity contribution in [1.29, 1.82) is 0 Å². The fourth-order valence-electron chi connectivity index (χ4n) is 8.30. The van der Waals surface area contributed by atoms with E-state index in [-0.39, 0.29) is 32.7 Å². The van der Waals surface area contributed by atoms with Crippen molar-refractivity contribution in [3.8, 4) is 0 Å². The van der Waals surface area contributed by atoms with Gasteiger partial charge in [0.05, 0.1) is 40.8 Å². The van der Waals surface area contributed by atoms with Crippen molar-refractivity contribution >= 4 is 17.9 Å². The fourth-order valence-corrected chi connectivity index (χ4v) is 8.30. The van der Waals surface area contributed by atoms with Gasteiger partial charge in [0.25, 0.3) is 6.29 Å². The van der Waals surface area contributed by atoms with Crippen LogP contribution in [-0.4, -0.2) is 87.4 Å². The summed E-state index contributed by atoms with van der Waals surface area (Å²) >= 11 is 0. The zero-order valence-corrected chi connectivity index (χ0v) is 52.1. The molecule has 0 fully saturated rings. The van der Waals surface area contributed by atoms with Gasteiger partial charge in [0.15, 0.2) is 6.10 Å². The lowest BCUT2D eigenvalue weighted by Gasteiger charge is -2.25. The second-order valence-electron chi connectivity index (χ2n) is 22.0. The lowest BCUT2D eigenvalue weighted by Crippen LogP contribution is -2.40. The number of hydrogen-bond acceptors (Lipinski definition) is 7. The summed E-state index contributed by atoms with van der Waals surface area (Å²) in [5.41, 5.74) is 0. The average molecular weight is 1130 g/mol. The number of rotatable bonds is 57. The van der Waals surface area contributed by atoms with E-state index >= 15 is 0 Å². The minimum atomic E-state index is -1.54. The van der Waals surface area contributed by atoms with Gasteiger partial charge in [0, 0.05) is 6.42 Å². The highest BCUT2D eigenvalue weighted by atomic mass is 16.7. The molecule has 0 bridgehead atoms. The Morgan fingerprint density at radius 2 is 0.704 bits per heavy atom. The number of hydrogen-bond donors (Lipinski definition) is 1. The maximum atomic E-state index is 12.9. The first-order valence-corrected chi connectivity index (χ1v) is 32.0. The van der Waals surface area contributed by atoms with Gasteiger partial charge in [0.1, 0.15) is 13.2 Å². The number of unbranched alkanes of at least 4 members (excludes halogenated alkanes) is 19. The zero-order valence-electron chi connectivity index (χ0n) is 52.1. The average Bonchev–Trinajstić information content (AvgIpc) is 3.44. The molecule has 0 saturated carbocycles. The molecule has 2 unspecified atom stereocenters. The topological polar surface area (TPSA) is 108 Å². The number of ether oxygens (including phenoxy) is 4. The number of nitrogens with zero attached hydrogens (tertiary/aromatic N) is 1. The van der Waals surface area contributed by atoms with Crippen LogP contribution in [0.25, 0.3) is 0 Å². The van der Waals surface area contributed by atoms with E-state index in [1.807, 2.05) is 27.2 Å². The molecule has 0 aliphatic heterocycles. The molecular weight excluding hydrogens is 1010 g/mol. The van der Waals surface area contributed by atoms with Crippen LogP contribution in [0, 0.1) is 0 Å². The summed E-state index contributed by atoms with van der Waals surface area (Å²) in [6.45, 7) is 4.52. The third-order valence-corrected chi connectivity index (χ3v) is 13.1. The van der Waals surface area contributed by atoms with Gasteiger partial charge in [-0.3, -0.25) is 9.59 Å². The summed E-state index contributed by atoms with van der Waals surface area (Å²) in [6, 6.07) is 0. The fraction of sp³-hybridized carbons (Fsp3) is 0.625. The van der Waals surface area contributed by atoms with E-state index in [9.17, 15) is 19.5 Å². The Morgan fingerprint density at radius 1 is 0.383 bits per heavy atom. The van der Waals surface area contributed by atoms with E-state index in [0.717, 1.165) is 89.9 Å². The third-order valence-electron chi connectivity index (χ3n) is 13.1. The second-order valence-corrected chi connectivity index (χ2v) is 22.0. The molecule has 2 atom stereocenters. The Bertz CT molecular complexity index is 1840. The summed E-state index contributed by atoms with van der Waals surface area (Å²) in [4.78, 5) is 37.3. The van der Waals surface area contributed by atoms with E-state index < -0.39 is 30.3 Å². The first-order valence-electron chi connectivity index (χ1n) is 32.0. The molecule has 0 rings (SSSR count). The molecule has 0 radical (unpaired) electrons. The molecular formula is C72H118NO8+. The molecule has 458 valence electrons. The molecule has 0 spiro atoms. The van der Waals surface area contributed by atoms with Gasteiger partial charge in [-0.05, 0) is 96.3 Å². The van der Waals surface area contributed by atoms with Crippen molar-refractivity contribution in [2.24, 2.45) is 0 Å². The molecule has 0 heterocycles. The summed E-state index contributed by atoms with van der Waals surface area (Å²) in [5.74, 6) is -2.18. The maximum Gasteiger partial charge on any atom is 0.361 e. The Morgan fingerprint density at radius 3 is 1.05 bits per heavy atom. The molecule has 0 aromatic heterocycles. The van der Waals surface area contributed by atoms with Gasteiger partial charge in [-0.1, -0.05) is 269 Å². The number of allylic oxidation sites excluding steroid dienone is 23. The van der Waals surface area contributed by atoms with Crippen LogP contribution in [0.15, 0.2) is 146 Å². The van der Waals surface area contributed by atoms with Gasteiger partial charge in [-0.2, -0.15) is 0 Å². The molecule has 9 heteroatoms. The number of carbonyl (C=O) groups is 3. The standard InChI is InChI=1S/C72H117NO8/c1-6-8-10-12-14-16-18-20-22-23-24-25-26-27-28-29-30-31-32-33-34-35-36-37-38-39-40-41-42-43-44-45-46-47-49-51-53-55-57-59-61-63-70(75)81-68(67-80-72(71(76)77)78-65-64-73(3,4)5)66-79-69(74)62-60-58-56-54-52-50-48-21-19-17-15-13-11-9-7-2/h8-11,14-17,20-22,24-25,27-28,30-31,33-34,48,52,54,58,60,68,72H,6-7,12-13,18-19,23,26,29,32,35-47,49-51,53,55-57,59,61-67H2,1-5H3/p+1/b10-8-,11-9-,16-14-,17-15-,22-20-,25-24-,28-27-,31-30-,34-33-,48-21-,54-52-,60-58-. The molecule has 0 aliphatic carbocycles. The predicted molar refractivity (Wildman–Crippen MR) is 345 cm³/mol. The van der Waals surface area contributed by atoms with Gasteiger partial charge >= 0.3 is 17.9 Å². The second kappa shape index (κ2) is 61.2. The van der Waals surface area contributed by atoms with Crippen molar-refractivity contribution < 1.29 is 42.9 Å². The third kappa shape index (κ3) is 62.6. The monoisotopic (exact) mass is 1120 g/mol. The van der Waals surface area contributed by atoms with E-state index in [4.69, 9.17) is 18.9 Å². The van der Waals surface area contributed by atoms with Crippen LogP contribution in [0.2, 0.25) is 0 Å². The van der Waals surface area contributed by atoms with Crippen molar-refractivity contribution in [1.82, 2.24) is 0 Å². The SMILES string of the molecule is CC/C=C\C/C=C\C/C=C\C/C=C\C/C=C\C/C=C\C/C=C\CCCCCCCCCCCCCCCCCCCCCC(=O)OC(COC(=O)C/C=C\C/C=C\C/C=C\C/C=C\C/C=C\CC)COC(OCC[N+](C)(C)C)C(=O)O. The Hall–Kier alpha value is -4.83. The molecule has 9 nitrogen and oxygen atoms in total. The number of esters is 2. The first kappa shape index (κ1) is 76.2. The normalized spacial score (nSPS) is 13.7. The van der Waals surface area contributed by atoms with Crippen molar-refractivity contribution in [2.75, 3.05) is 47.5 Å². The molecule has 0 amide bonds. The quantitative estimate of drug-likeness (QED) is 0.0211. The smallest absolute Gasteiger partial charge is 0.361 e. The van der Waals surface area contributed by atoms with E-state index in [1.54, 1.807) is 6.08 Å². The minimum absolute atomic E-state index is 0.0651. The molecule has 0 aromatic rings. The largest absolute Gasteiger partial charge is 0.477 e. The van der Waals surface area contributed by atoms with Crippen molar-refractivity contribution in [3.05, 3.63) is 146 Å². The molecule has 0 aromatic carbocycles. The number of likely N-dealkylation sites (N-methyl/N-ethyl adjacent to an activating group) is 1. The van der Waals surface area contributed by atoms with Gasteiger partial charge in [-0.25, -0.2) is 4.79 Å². The number of carboxylic acid groups (broad SMARTS) is 1. The lowest BCUT2D eigenvalue weighted by molar-refractivity contribution is -0.870. The summed E-state index contributed by atoms with van der Waals surface area (Å²) < 4.78 is 22.7. The summed E-state index contributed by atoms with van der Waals surface area (Å²) in [5, 5.41) is 9.70. The molecule has 0 saturated heterocycles. The van der Waals surface area contributed by atoms with Crippen LogP contribution >= 0.6 is 0 Å². The van der Waals surface area contributed by atoms with Crippen LogP contribution in [0.1, 0.15) is 232 Å². The summed E-state index contributed by atoms with van der Waals surface area (Å²) in [7, 11) is 5.94. The van der Waals surface area contributed by atoms with Crippen LogP contribution in [0.5, 0.6) is 0 Å². The molecule has 0 aliphatic rings. The van der Waals surface area contributed by atoms with Gasteiger partial charge in [-0.15, -0.1) is 0 Å². The highest BCUT2D eigenvalue weighted by Gasteiger charge is 2.25. The highest BCUT2D eigenvalue weighted by molar-refractivity contribution is 5.72. The Kier molecular flexibility index (Phi) is 57.6. The van der Waals surface area contributed by atoms with E-state index in [2.05, 4.69) is 148 Å². The van der Waals surface area contributed by atoms with Crippen LogP contribution in [-0.2, 0) is 33.3 Å². The highest BCUT2D eigenvalue weighted by Crippen LogP contribution is 2.16.